The van der Waals surface area contributed by atoms with Crippen molar-refractivity contribution in [3.8, 4) is 11.5 Å². The number of hydrogen-bond donors (Lipinski definition) is 0. The van der Waals surface area contributed by atoms with Crippen molar-refractivity contribution in [2.75, 3.05) is 58.1 Å². The molecule has 8 nitrogen and oxygen atoms in total. The van der Waals surface area contributed by atoms with Crippen LogP contribution in [0.1, 0.15) is 12.5 Å². The number of esters is 1. The first-order chi connectivity index (χ1) is 17.1. The van der Waals surface area contributed by atoms with Crippen LogP contribution in [0, 0.1) is 6.92 Å². The average molecular weight is 517 g/mol. The van der Waals surface area contributed by atoms with Gasteiger partial charge in [0.1, 0.15) is 12.3 Å². The second kappa shape index (κ2) is 12.7. The van der Waals surface area contributed by atoms with Gasteiger partial charge in [0.2, 0.25) is 0 Å². The average Bonchev–Trinajstić information content (AvgIpc) is 3.24. The molecule has 0 amide bonds. The number of benzene rings is 1. The minimum atomic E-state index is -0.336. The third-order valence-corrected chi connectivity index (χ3v) is 7.66. The molecule has 0 bridgehead atoms. The Morgan fingerprint density at radius 3 is 2.97 bits per heavy atom. The summed E-state index contributed by atoms with van der Waals surface area (Å²) >= 11 is 3.48. The lowest BCUT2D eigenvalue weighted by molar-refractivity contribution is -0.150. The molecule has 0 aliphatic carbocycles. The van der Waals surface area contributed by atoms with Crippen LogP contribution in [-0.4, -0.2) is 89.0 Å². The van der Waals surface area contributed by atoms with Gasteiger partial charge in [-0.05, 0) is 49.6 Å². The molecule has 1 atom stereocenters. The van der Waals surface area contributed by atoms with E-state index in [1.165, 1.54) is 4.90 Å². The van der Waals surface area contributed by atoms with Crippen LogP contribution in [0.4, 0.5) is 0 Å². The van der Waals surface area contributed by atoms with Gasteiger partial charge in [0.15, 0.2) is 5.82 Å². The van der Waals surface area contributed by atoms with Crippen LogP contribution in [0.3, 0.4) is 0 Å². The molecule has 1 aliphatic rings. The van der Waals surface area contributed by atoms with Crippen molar-refractivity contribution in [3.05, 3.63) is 42.1 Å². The fourth-order valence-electron chi connectivity index (χ4n) is 4.08. The molecule has 1 saturated heterocycles. The smallest absolute Gasteiger partial charge is 0.332 e. The number of para-hydroxylation sites is 2. The molecule has 3 heterocycles. The minimum absolute atomic E-state index is 0.0302. The summed E-state index contributed by atoms with van der Waals surface area (Å²) in [7, 11) is 0. The van der Waals surface area contributed by atoms with Gasteiger partial charge in [-0.1, -0.05) is 12.1 Å². The maximum atomic E-state index is 11.4. The Morgan fingerprint density at radius 1 is 1.29 bits per heavy atom. The molecular formula is C25H32N4O4S2. The predicted molar refractivity (Wildman–Crippen MR) is 141 cm³/mol. The van der Waals surface area contributed by atoms with Gasteiger partial charge in [-0.25, -0.2) is 9.78 Å². The van der Waals surface area contributed by atoms with Crippen molar-refractivity contribution in [2.24, 2.45) is 0 Å². The summed E-state index contributed by atoms with van der Waals surface area (Å²) in [5, 5.41) is 0. The third-order valence-electron chi connectivity index (χ3n) is 5.78. The molecule has 2 aromatic heterocycles. The third kappa shape index (κ3) is 6.56. The van der Waals surface area contributed by atoms with Crippen molar-refractivity contribution in [3.63, 3.8) is 0 Å². The van der Waals surface area contributed by atoms with Crippen LogP contribution >= 0.6 is 23.7 Å². The summed E-state index contributed by atoms with van der Waals surface area (Å²) in [4.78, 5) is 24.6. The lowest BCUT2D eigenvalue weighted by Crippen LogP contribution is -2.45. The Hall–Kier alpha value is -2.11. The largest absolute Gasteiger partial charge is 0.464 e. The fraction of sp³-hybridized carbons (Fsp3) is 0.480. The van der Waals surface area contributed by atoms with E-state index in [0.29, 0.717) is 19.8 Å². The quantitative estimate of drug-likeness (QED) is 0.278. The van der Waals surface area contributed by atoms with E-state index in [4.69, 9.17) is 19.2 Å². The van der Waals surface area contributed by atoms with E-state index in [1.54, 1.807) is 18.9 Å². The molecule has 0 saturated carbocycles. The molecule has 0 N–H and O–H groups in total. The molecule has 1 fully saturated rings. The van der Waals surface area contributed by atoms with Crippen molar-refractivity contribution < 1.29 is 19.0 Å². The van der Waals surface area contributed by atoms with Gasteiger partial charge in [-0.15, -0.1) is 11.8 Å². The van der Waals surface area contributed by atoms with E-state index in [1.807, 2.05) is 36.2 Å². The number of aromatic nitrogens is 3. The molecule has 188 valence electrons. The van der Waals surface area contributed by atoms with E-state index in [9.17, 15) is 4.79 Å². The van der Waals surface area contributed by atoms with Crippen LogP contribution in [-0.2, 0) is 19.0 Å². The Balaban J connectivity index is 1.33. The van der Waals surface area contributed by atoms with Crippen molar-refractivity contribution in [1.29, 1.82) is 0 Å². The van der Waals surface area contributed by atoms with Crippen molar-refractivity contribution in [1.82, 2.24) is 18.8 Å². The first kappa shape index (κ1) is 26.0. The zero-order chi connectivity index (χ0) is 24.6. The number of carbonyl (C=O) groups excluding carboxylic acids is 1. The van der Waals surface area contributed by atoms with Gasteiger partial charge >= 0.3 is 5.97 Å². The number of imidazole rings is 1. The molecule has 1 unspecified atom stereocenters. The number of carbonyl (C=O) groups is 1. The Labute approximate surface area is 214 Å². The van der Waals surface area contributed by atoms with Crippen molar-refractivity contribution >= 4 is 40.7 Å². The number of fused-ring (bicyclic) bond motifs is 1. The summed E-state index contributed by atoms with van der Waals surface area (Å²) in [5.74, 6) is 1.51. The molecule has 0 radical (unpaired) electrons. The monoisotopic (exact) mass is 516 g/mol. The van der Waals surface area contributed by atoms with E-state index >= 15 is 0 Å². The van der Waals surface area contributed by atoms with E-state index < -0.39 is 0 Å². The number of rotatable bonds is 11. The highest BCUT2D eigenvalue weighted by atomic mass is 32.2. The second-order valence-electron chi connectivity index (χ2n) is 8.15. The molecule has 1 aliphatic heterocycles. The zero-order valence-corrected chi connectivity index (χ0v) is 22.1. The molecule has 1 aromatic carbocycles. The topological polar surface area (TPSA) is 78.7 Å². The standard InChI is InChI=1S/C25H32N4O4S2/c1-4-32-23(30)17-31-16-19-15-28(11-13-33-19)12-14-35-22-9-10-26-24(18(22)2)25-27-20-7-5-6-8-21(20)29(25)34-3/h5-10,19H,4,11-17H2,1-3H3. The Kier molecular flexibility index (Phi) is 9.45. The first-order valence-corrected chi connectivity index (χ1v) is 14.0. The minimum Gasteiger partial charge on any atom is -0.464 e. The van der Waals surface area contributed by atoms with Gasteiger partial charge < -0.3 is 14.2 Å². The lowest BCUT2D eigenvalue weighted by atomic mass is 10.2. The van der Waals surface area contributed by atoms with Crippen LogP contribution in [0.2, 0.25) is 0 Å². The highest BCUT2D eigenvalue weighted by Crippen LogP contribution is 2.32. The van der Waals surface area contributed by atoms with Crippen LogP contribution < -0.4 is 0 Å². The zero-order valence-electron chi connectivity index (χ0n) is 20.4. The molecule has 10 heteroatoms. The highest BCUT2D eigenvalue weighted by Gasteiger charge is 2.21. The van der Waals surface area contributed by atoms with Crippen LogP contribution in [0.15, 0.2) is 41.4 Å². The van der Waals surface area contributed by atoms with Crippen LogP contribution in [0.25, 0.3) is 22.6 Å². The van der Waals surface area contributed by atoms with Gasteiger partial charge in [-0.2, -0.15) is 0 Å². The van der Waals surface area contributed by atoms with Gasteiger partial charge in [-0.3, -0.25) is 13.9 Å². The fourth-order valence-corrected chi connectivity index (χ4v) is 5.77. The lowest BCUT2D eigenvalue weighted by Gasteiger charge is -2.32. The summed E-state index contributed by atoms with van der Waals surface area (Å²) in [6, 6.07) is 10.3. The summed E-state index contributed by atoms with van der Waals surface area (Å²) in [6.45, 7) is 7.94. The number of pyridine rings is 1. The van der Waals surface area contributed by atoms with E-state index in [2.05, 4.69) is 39.2 Å². The summed E-state index contributed by atoms with van der Waals surface area (Å²) in [6.07, 6.45) is 3.90. The highest BCUT2D eigenvalue weighted by molar-refractivity contribution is 7.99. The molecular weight excluding hydrogens is 484 g/mol. The normalized spacial score (nSPS) is 16.6. The number of morpholine rings is 1. The molecule has 0 spiro atoms. The van der Waals surface area contributed by atoms with E-state index in [0.717, 1.165) is 53.5 Å². The maximum absolute atomic E-state index is 11.4. The SMILES string of the molecule is CCOC(=O)COCC1CN(CCSc2ccnc(-c3nc4ccccc4n3SC)c2C)CCO1. The number of ether oxygens (including phenoxy) is 3. The van der Waals surface area contributed by atoms with Gasteiger partial charge in [0, 0.05) is 42.7 Å². The number of nitrogens with zero attached hydrogens (tertiary/aromatic N) is 4. The number of thioether (sulfide) groups is 1. The molecule has 35 heavy (non-hydrogen) atoms. The van der Waals surface area contributed by atoms with Crippen LogP contribution in [0.5, 0.6) is 0 Å². The number of hydrogen-bond acceptors (Lipinski definition) is 9. The maximum Gasteiger partial charge on any atom is 0.332 e. The molecule has 3 aromatic rings. The predicted octanol–water partition coefficient (Wildman–Crippen LogP) is 3.91. The van der Waals surface area contributed by atoms with Gasteiger partial charge in [0.05, 0.1) is 37.0 Å². The summed E-state index contributed by atoms with van der Waals surface area (Å²) in [5.41, 5.74) is 4.15. The Morgan fingerprint density at radius 2 is 2.14 bits per heavy atom. The first-order valence-electron chi connectivity index (χ1n) is 11.8. The summed E-state index contributed by atoms with van der Waals surface area (Å²) < 4.78 is 18.3. The Bertz CT molecular complexity index is 1140. The second-order valence-corrected chi connectivity index (χ2v) is 10.0. The van der Waals surface area contributed by atoms with Gasteiger partial charge in [0.25, 0.3) is 0 Å². The van der Waals surface area contributed by atoms with Crippen molar-refractivity contribution in [2.45, 2.75) is 24.8 Å². The molecule has 4 rings (SSSR count). The van der Waals surface area contributed by atoms with E-state index in [-0.39, 0.29) is 18.7 Å².